The van der Waals surface area contributed by atoms with Gasteiger partial charge in [0.05, 0.1) is 13.2 Å². The Balaban J connectivity index is 1.67. The molecule has 0 radical (unpaired) electrons. The summed E-state index contributed by atoms with van der Waals surface area (Å²) < 4.78 is 11.8. The van der Waals surface area contributed by atoms with Crippen LogP contribution in [-0.2, 0) is 0 Å². The molecule has 1 unspecified atom stereocenters. The summed E-state index contributed by atoms with van der Waals surface area (Å²) in [5.74, 6) is 2.40. The molecule has 2 aromatic rings. The molecule has 0 saturated carbocycles. The van der Waals surface area contributed by atoms with Crippen LogP contribution in [0.1, 0.15) is 71.3 Å². The van der Waals surface area contributed by atoms with Crippen LogP contribution in [0.4, 0.5) is 5.69 Å². The fourth-order valence-electron chi connectivity index (χ4n) is 3.03. The molecule has 0 aliphatic heterocycles. The minimum absolute atomic E-state index is 0.0870. The summed E-state index contributed by atoms with van der Waals surface area (Å²) in [6, 6.07) is 16.6. The maximum absolute atomic E-state index is 6.00. The van der Waals surface area contributed by atoms with Crippen molar-refractivity contribution in [3.05, 3.63) is 54.1 Å². The molecular weight excluding hydrogens is 346 g/mol. The topological polar surface area (TPSA) is 30.5 Å². The van der Waals surface area contributed by atoms with Crippen molar-refractivity contribution in [3.8, 4) is 11.5 Å². The summed E-state index contributed by atoms with van der Waals surface area (Å²) in [4.78, 5) is 0. The summed E-state index contributed by atoms with van der Waals surface area (Å²) >= 11 is 0. The van der Waals surface area contributed by atoms with Crippen LogP contribution in [0.2, 0.25) is 0 Å². The summed E-state index contributed by atoms with van der Waals surface area (Å²) in [5.41, 5.74) is 2.42. The van der Waals surface area contributed by atoms with Crippen LogP contribution < -0.4 is 14.8 Å². The third-order valence-corrected chi connectivity index (χ3v) is 4.85. The smallest absolute Gasteiger partial charge is 0.119 e. The van der Waals surface area contributed by atoms with Gasteiger partial charge in [-0.1, -0.05) is 58.6 Å². The van der Waals surface area contributed by atoms with E-state index in [1.165, 1.54) is 31.2 Å². The van der Waals surface area contributed by atoms with Gasteiger partial charge in [0.15, 0.2) is 0 Å². The molecule has 0 spiro atoms. The Morgan fingerprint density at radius 2 is 1.43 bits per heavy atom. The third kappa shape index (κ3) is 8.24. The molecule has 0 amide bonds. The Labute approximate surface area is 171 Å². The van der Waals surface area contributed by atoms with Crippen LogP contribution in [-0.4, -0.2) is 19.3 Å². The number of anilines is 1. The highest BCUT2D eigenvalue weighted by Crippen LogP contribution is 2.20. The van der Waals surface area contributed by atoms with E-state index in [-0.39, 0.29) is 6.10 Å². The van der Waals surface area contributed by atoms with E-state index in [1.807, 2.05) is 12.1 Å². The van der Waals surface area contributed by atoms with E-state index in [9.17, 15) is 0 Å². The normalized spacial score (nSPS) is 12.0. The molecule has 154 valence electrons. The summed E-state index contributed by atoms with van der Waals surface area (Å²) in [7, 11) is 0. The second-order valence-corrected chi connectivity index (χ2v) is 7.82. The molecule has 3 nitrogen and oxygen atoms in total. The molecule has 28 heavy (non-hydrogen) atoms. The van der Waals surface area contributed by atoms with Gasteiger partial charge >= 0.3 is 0 Å². The largest absolute Gasteiger partial charge is 0.494 e. The highest BCUT2D eigenvalue weighted by atomic mass is 16.5. The van der Waals surface area contributed by atoms with Gasteiger partial charge in [-0.15, -0.1) is 0 Å². The first kappa shape index (κ1) is 22.1. The number of unbranched alkanes of at least 4 members (excludes halogenated alkanes) is 4. The molecule has 2 rings (SSSR count). The van der Waals surface area contributed by atoms with Crippen LogP contribution in [0, 0.1) is 0 Å². The van der Waals surface area contributed by atoms with Crippen molar-refractivity contribution in [2.24, 2.45) is 0 Å². The van der Waals surface area contributed by atoms with Crippen molar-refractivity contribution in [3.63, 3.8) is 0 Å². The van der Waals surface area contributed by atoms with Crippen molar-refractivity contribution < 1.29 is 9.47 Å². The van der Waals surface area contributed by atoms with E-state index in [0.717, 1.165) is 36.8 Å². The molecule has 0 fully saturated rings. The zero-order valence-electron chi connectivity index (χ0n) is 18.0. The second kappa shape index (κ2) is 12.3. The average molecular weight is 384 g/mol. The Bertz CT molecular complexity index is 649. The van der Waals surface area contributed by atoms with E-state index < -0.39 is 0 Å². The van der Waals surface area contributed by atoms with Crippen LogP contribution in [0.3, 0.4) is 0 Å². The maximum Gasteiger partial charge on any atom is 0.119 e. The molecule has 0 heterocycles. The zero-order chi connectivity index (χ0) is 20.2. The van der Waals surface area contributed by atoms with E-state index in [4.69, 9.17) is 9.47 Å². The molecule has 1 N–H and O–H groups in total. The quantitative estimate of drug-likeness (QED) is 0.376. The van der Waals surface area contributed by atoms with Crippen molar-refractivity contribution >= 4 is 5.69 Å². The van der Waals surface area contributed by atoms with Gasteiger partial charge in [0, 0.05) is 5.69 Å². The van der Waals surface area contributed by atoms with Crippen molar-refractivity contribution in [1.29, 1.82) is 0 Å². The fourth-order valence-corrected chi connectivity index (χ4v) is 3.03. The first-order chi connectivity index (χ1) is 13.6. The highest BCUT2D eigenvalue weighted by molar-refractivity contribution is 5.46. The van der Waals surface area contributed by atoms with Gasteiger partial charge in [0.2, 0.25) is 0 Å². The van der Waals surface area contributed by atoms with Gasteiger partial charge in [0.25, 0.3) is 0 Å². The SMILES string of the molecule is CCCCCCCOc1ccc(NCC(C)Oc2ccc(C(C)C)cc2)cc1. The van der Waals surface area contributed by atoms with Gasteiger partial charge in [-0.05, 0) is 61.2 Å². The molecule has 0 aliphatic rings. The molecule has 0 bridgehead atoms. The average Bonchev–Trinajstić information content (AvgIpc) is 2.70. The van der Waals surface area contributed by atoms with Crippen LogP contribution >= 0.6 is 0 Å². The predicted molar refractivity (Wildman–Crippen MR) is 120 cm³/mol. The number of nitrogens with one attached hydrogen (secondary N) is 1. The highest BCUT2D eigenvalue weighted by Gasteiger charge is 2.05. The molecule has 0 aromatic heterocycles. The van der Waals surface area contributed by atoms with Crippen molar-refractivity contribution in [2.45, 2.75) is 71.8 Å². The lowest BCUT2D eigenvalue weighted by molar-refractivity contribution is 0.234. The molecule has 1 atom stereocenters. The van der Waals surface area contributed by atoms with Gasteiger partial charge < -0.3 is 14.8 Å². The van der Waals surface area contributed by atoms with Crippen molar-refractivity contribution in [2.75, 3.05) is 18.5 Å². The summed E-state index contributed by atoms with van der Waals surface area (Å²) in [6.07, 6.45) is 6.39. The Morgan fingerprint density at radius 1 is 0.786 bits per heavy atom. The maximum atomic E-state index is 6.00. The predicted octanol–water partition coefficient (Wildman–Crippen LogP) is 7.04. The zero-order valence-corrected chi connectivity index (χ0v) is 18.0. The molecule has 3 heteroatoms. The van der Waals surface area contributed by atoms with Crippen LogP contribution in [0.5, 0.6) is 11.5 Å². The molecule has 2 aromatic carbocycles. The van der Waals surface area contributed by atoms with Crippen LogP contribution in [0.25, 0.3) is 0 Å². The van der Waals surface area contributed by atoms with Gasteiger partial charge in [-0.2, -0.15) is 0 Å². The summed E-state index contributed by atoms with van der Waals surface area (Å²) in [5, 5.41) is 3.43. The minimum Gasteiger partial charge on any atom is -0.494 e. The Morgan fingerprint density at radius 3 is 2.07 bits per heavy atom. The van der Waals surface area contributed by atoms with Gasteiger partial charge in [-0.3, -0.25) is 0 Å². The lowest BCUT2D eigenvalue weighted by atomic mass is 10.0. The molecule has 0 saturated heterocycles. The van der Waals surface area contributed by atoms with E-state index in [0.29, 0.717) is 5.92 Å². The van der Waals surface area contributed by atoms with Crippen LogP contribution in [0.15, 0.2) is 48.5 Å². The Hall–Kier alpha value is -2.16. The van der Waals surface area contributed by atoms with Gasteiger partial charge in [-0.25, -0.2) is 0 Å². The first-order valence-electron chi connectivity index (χ1n) is 10.8. The minimum atomic E-state index is 0.0870. The van der Waals surface area contributed by atoms with E-state index in [2.05, 4.69) is 69.4 Å². The van der Waals surface area contributed by atoms with Gasteiger partial charge in [0.1, 0.15) is 17.6 Å². The summed E-state index contributed by atoms with van der Waals surface area (Å²) in [6.45, 7) is 10.3. The number of hydrogen-bond acceptors (Lipinski definition) is 3. The van der Waals surface area contributed by atoms with E-state index in [1.54, 1.807) is 0 Å². The first-order valence-corrected chi connectivity index (χ1v) is 10.8. The number of hydrogen-bond donors (Lipinski definition) is 1. The number of rotatable bonds is 13. The lowest BCUT2D eigenvalue weighted by Crippen LogP contribution is -2.22. The Kier molecular flexibility index (Phi) is 9.74. The molecule has 0 aliphatic carbocycles. The third-order valence-electron chi connectivity index (χ3n) is 4.85. The standard InChI is InChI=1S/C25H37NO2/c1-5-6-7-8-9-18-27-24-16-12-23(13-17-24)26-19-21(4)28-25-14-10-22(11-15-25)20(2)3/h10-17,20-21,26H,5-9,18-19H2,1-4H3. The van der Waals surface area contributed by atoms with Crippen molar-refractivity contribution in [1.82, 2.24) is 0 Å². The monoisotopic (exact) mass is 383 g/mol. The molecular formula is C25H37NO2. The lowest BCUT2D eigenvalue weighted by Gasteiger charge is -2.17. The fraction of sp³-hybridized carbons (Fsp3) is 0.520. The number of benzene rings is 2. The van der Waals surface area contributed by atoms with E-state index >= 15 is 0 Å². The second-order valence-electron chi connectivity index (χ2n) is 7.82. The number of ether oxygens (including phenoxy) is 2.